The van der Waals surface area contributed by atoms with Gasteiger partial charge in [-0.05, 0) is 31.4 Å². The molecule has 0 bridgehead atoms. The van der Waals surface area contributed by atoms with Crippen LogP contribution >= 0.6 is 11.3 Å². The minimum absolute atomic E-state index is 0.0972. The molecule has 0 atom stereocenters. The fraction of sp³-hybridized carbons (Fsp3) is 0.294. The Bertz CT molecular complexity index is 908. The van der Waals surface area contributed by atoms with Crippen LogP contribution in [0.3, 0.4) is 0 Å². The number of phenols is 1. The number of rotatable bonds is 3. The Balaban J connectivity index is 2.36. The Hall–Kier alpha value is -2.14. The summed E-state index contributed by atoms with van der Waals surface area (Å²) in [7, 11) is 0. The number of hydrogen-bond donors (Lipinski definition) is 1. The molecule has 2 aromatic heterocycles. The van der Waals surface area contributed by atoms with Crippen molar-refractivity contribution in [1.82, 2.24) is 4.98 Å². The number of fused-ring (bicyclic) bond motifs is 1. The highest BCUT2D eigenvalue weighted by Crippen LogP contribution is 2.32. The normalized spacial score (nSPS) is 11.2. The molecular weight excluding hydrogens is 298 g/mol. The van der Waals surface area contributed by atoms with Gasteiger partial charge < -0.3 is 9.52 Å². The van der Waals surface area contributed by atoms with Crippen LogP contribution in [0, 0.1) is 6.92 Å². The van der Waals surface area contributed by atoms with E-state index >= 15 is 0 Å². The summed E-state index contributed by atoms with van der Waals surface area (Å²) in [5.74, 6) is 0.235. The van der Waals surface area contributed by atoms with E-state index in [4.69, 9.17) is 4.42 Å². The smallest absolute Gasteiger partial charge is 0.202 e. The van der Waals surface area contributed by atoms with E-state index in [0.717, 1.165) is 10.4 Å². The largest absolute Gasteiger partial charge is 0.507 e. The van der Waals surface area contributed by atoms with E-state index in [0.29, 0.717) is 39.9 Å². The molecule has 0 radical (unpaired) electrons. The molecule has 0 amide bonds. The van der Waals surface area contributed by atoms with Crippen molar-refractivity contribution in [3.63, 3.8) is 0 Å². The van der Waals surface area contributed by atoms with Crippen LogP contribution in [0.5, 0.6) is 5.75 Å². The van der Waals surface area contributed by atoms with Gasteiger partial charge in [-0.25, -0.2) is 4.98 Å². The number of benzene rings is 1. The Morgan fingerprint density at radius 2 is 2.09 bits per heavy atom. The lowest BCUT2D eigenvalue weighted by Gasteiger charge is -2.10. The SMILES string of the molecule is CCc1cc2c(=O)c(-c3ncc(C)s3)coc2c(CC)c1O. The summed E-state index contributed by atoms with van der Waals surface area (Å²) in [5, 5.41) is 11.5. The van der Waals surface area contributed by atoms with Gasteiger partial charge in [0.1, 0.15) is 22.6 Å². The molecule has 114 valence electrons. The van der Waals surface area contributed by atoms with Crippen LogP contribution < -0.4 is 5.43 Å². The maximum atomic E-state index is 12.8. The standard InChI is InChI=1S/C17H17NO3S/c1-4-10-6-12-15(20)13(17-18-7-9(3)22-17)8-21-16(12)11(5-2)14(10)19/h6-8,19H,4-5H2,1-3H3. The quantitative estimate of drug-likeness (QED) is 0.792. The molecule has 0 aliphatic heterocycles. The first kappa shape index (κ1) is 14.8. The zero-order chi connectivity index (χ0) is 15.9. The van der Waals surface area contributed by atoms with Gasteiger partial charge >= 0.3 is 0 Å². The van der Waals surface area contributed by atoms with Crippen LogP contribution in [0.1, 0.15) is 29.9 Å². The molecule has 3 aromatic rings. The topological polar surface area (TPSA) is 63.3 Å². The van der Waals surface area contributed by atoms with Gasteiger partial charge in [0.2, 0.25) is 5.43 Å². The van der Waals surface area contributed by atoms with E-state index < -0.39 is 0 Å². The molecule has 0 saturated carbocycles. The lowest BCUT2D eigenvalue weighted by molar-refractivity contribution is 0.460. The first-order chi connectivity index (χ1) is 10.6. The van der Waals surface area contributed by atoms with E-state index in [1.54, 1.807) is 12.3 Å². The van der Waals surface area contributed by atoms with Gasteiger partial charge in [-0.2, -0.15) is 0 Å². The summed E-state index contributed by atoms with van der Waals surface area (Å²) in [5.41, 5.74) is 2.30. The van der Waals surface area contributed by atoms with Crippen molar-refractivity contribution in [3.05, 3.63) is 44.8 Å². The number of hydrogen-bond acceptors (Lipinski definition) is 5. The second kappa shape index (κ2) is 5.57. The van der Waals surface area contributed by atoms with Crippen molar-refractivity contribution < 1.29 is 9.52 Å². The zero-order valence-corrected chi connectivity index (χ0v) is 13.6. The number of aryl methyl sites for hydroxylation is 3. The highest BCUT2D eigenvalue weighted by Gasteiger charge is 2.18. The number of phenolic OH excluding ortho intramolecular Hbond substituents is 1. The average Bonchev–Trinajstić information content (AvgIpc) is 2.93. The van der Waals surface area contributed by atoms with Crippen LogP contribution in [0.4, 0.5) is 0 Å². The van der Waals surface area contributed by atoms with Crippen molar-refractivity contribution >= 4 is 22.3 Å². The first-order valence-corrected chi connectivity index (χ1v) is 8.10. The molecular formula is C17H17NO3S. The van der Waals surface area contributed by atoms with Crippen LogP contribution in [0.2, 0.25) is 0 Å². The Kier molecular flexibility index (Phi) is 3.74. The summed E-state index contributed by atoms with van der Waals surface area (Å²) >= 11 is 1.47. The lowest BCUT2D eigenvalue weighted by Crippen LogP contribution is -2.07. The highest BCUT2D eigenvalue weighted by atomic mass is 32.1. The van der Waals surface area contributed by atoms with Crippen LogP contribution in [-0.2, 0) is 12.8 Å². The van der Waals surface area contributed by atoms with E-state index in [2.05, 4.69) is 4.98 Å². The first-order valence-electron chi connectivity index (χ1n) is 7.28. The molecule has 0 aliphatic rings. The monoisotopic (exact) mass is 315 g/mol. The Labute approximate surface area is 132 Å². The van der Waals surface area contributed by atoms with Crippen molar-refractivity contribution in [2.24, 2.45) is 0 Å². The molecule has 0 aliphatic carbocycles. The summed E-state index contributed by atoms with van der Waals surface area (Å²) in [6, 6.07) is 1.74. The van der Waals surface area contributed by atoms with Gasteiger partial charge in [-0.15, -0.1) is 11.3 Å². The van der Waals surface area contributed by atoms with E-state index in [1.807, 2.05) is 20.8 Å². The Morgan fingerprint density at radius 1 is 1.32 bits per heavy atom. The molecule has 2 heterocycles. The highest BCUT2D eigenvalue weighted by molar-refractivity contribution is 7.14. The summed E-state index contributed by atoms with van der Waals surface area (Å²) in [4.78, 5) is 18.1. The van der Waals surface area contributed by atoms with Crippen molar-refractivity contribution in [3.8, 4) is 16.3 Å². The molecule has 5 heteroatoms. The predicted octanol–water partition coefficient (Wildman–Crippen LogP) is 4.06. The van der Waals surface area contributed by atoms with Crippen LogP contribution in [-0.4, -0.2) is 10.1 Å². The van der Waals surface area contributed by atoms with Gasteiger partial charge in [0.25, 0.3) is 0 Å². The molecule has 0 spiro atoms. The minimum Gasteiger partial charge on any atom is -0.507 e. The van der Waals surface area contributed by atoms with Crippen LogP contribution in [0.15, 0.2) is 27.7 Å². The van der Waals surface area contributed by atoms with Crippen molar-refractivity contribution in [2.75, 3.05) is 0 Å². The maximum Gasteiger partial charge on any atom is 0.202 e. The molecule has 3 rings (SSSR count). The maximum absolute atomic E-state index is 12.8. The zero-order valence-electron chi connectivity index (χ0n) is 12.8. The van der Waals surface area contributed by atoms with Gasteiger partial charge in [0.05, 0.1) is 10.9 Å². The lowest BCUT2D eigenvalue weighted by atomic mass is 10.00. The third-order valence-electron chi connectivity index (χ3n) is 3.80. The van der Waals surface area contributed by atoms with E-state index in [9.17, 15) is 9.90 Å². The predicted molar refractivity (Wildman–Crippen MR) is 88.7 cm³/mol. The van der Waals surface area contributed by atoms with Crippen molar-refractivity contribution in [1.29, 1.82) is 0 Å². The molecule has 0 saturated heterocycles. The van der Waals surface area contributed by atoms with E-state index in [1.165, 1.54) is 17.6 Å². The number of aromatic nitrogens is 1. The molecule has 1 aromatic carbocycles. The van der Waals surface area contributed by atoms with Gasteiger partial charge in [0.15, 0.2) is 0 Å². The number of aromatic hydroxyl groups is 1. The molecule has 0 unspecified atom stereocenters. The minimum atomic E-state index is -0.0972. The van der Waals surface area contributed by atoms with Gasteiger partial charge in [0, 0.05) is 16.6 Å². The second-order valence-electron chi connectivity index (χ2n) is 5.20. The van der Waals surface area contributed by atoms with E-state index in [-0.39, 0.29) is 11.2 Å². The molecule has 1 N–H and O–H groups in total. The molecule has 0 fully saturated rings. The third kappa shape index (κ3) is 2.22. The second-order valence-corrected chi connectivity index (χ2v) is 6.44. The summed E-state index contributed by atoms with van der Waals surface area (Å²) in [6.07, 6.45) is 4.46. The average molecular weight is 315 g/mol. The Morgan fingerprint density at radius 3 is 2.68 bits per heavy atom. The number of thiazole rings is 1. The fourth-order valence-electron chi connectivity index (χ4n) is 2.62. The fourth-order valence-corrected chi connectivity index (χ4v) is 3.38. The summed E-state index contributed by atoms with van der Waals surface area (Å²) < 4.78 is 5.70. The van der Waals surface area contributed by atoms with Gasteiger partial charge in [-0.3, -0.25) is 4.79 Å². The summed E-state index contributed by atoms with van der Waals surface area (Å²) in [6.45, 7) is 5.84. The molecule has 4 nitrogen and oxygen atoms in total. The molecule has 22 heavy (non-hydrogen) atoms. The number of nitrogens with zero attached hydrogens (tertiary/aromatic N) is 1. The van der Waals surface area contributed by atoms with Gasteiger partial charge in [-0.1, -0.05) is 13.8 Å². The van der Waals surface area contributed by atoms with Crippen molar-refractivity contribution in [2.45, 2.75) is 33.6 Å². The van der Waals surface area contributed by atoms with Crippen LogP contribution in [0.25, 0.3) is 21.5 Å². The third-order valence-corrected chi connectivity index (χ3v) is 4.74.